The number of halogens is 1. The first-order valence-corrected chi connectivity index (χ1v) is 7.13. The van der Waals surface area contributed by atoms with E-state index in [-0.39, 0.29) is 29.1 Å². The maximum Gasteiger partial charge on any atom is 0.335 e. The number of nitrogens with one attached hydrogen (secondary N) is 1. The van der Waals surface area contributed by atoms with Gasteiger partial charge >= 0.3 is 5.97 Å². The fraction of sp³-hybridized carbons (Fsp3) is 0.429. The van der Waals surface area contributed by atoms with Crippen molar-refractivity contribution in [1.29, 1.82) is 0 Å². The molecule has 0 saturated carbocycles. The lowest BCUT2D eigenvalue weighted by molar-refractivity contribution is -0.117. The second-order valence-electron chi connectivity index (χ2n) is 5.20. The molecule has 1 amide bonds. The molecule has 1 aliphatic heterocycles. The van der Waals surface area contributed by atoms with Crippen LogP contribution in [0.1, 0.15) is 23.2 Å². The molecule has 0 unspecified atom stereocenters. The first-order valence-electron chi connectivity index (χ1n) is 6.75. The van der Waals surface area contributed by atoms with Crippen molar-refractivity contribution in [2.75, 3.05) is 25.0 Å². The highest BCUT2D eigenvalue weighted by molar-refractivity contribution is 6.31. The molecule has 1 fully saturated rings. The number of carbonyl (C=O) groups is 2. The van der Waals surface area contributed by atoms with Gasteiger partial charge in [-0.2, -0.15) is 0 Å². The molecule has 0 radical (unpaired) electrons. The number of rotatable bonds is 4. The fourth-order valence-electron chi connectivity index (χ4n) is 2.30. The molecular weight excluding hydrogens is 294 g/mol. The predicted octanol–water partition coefficient (Wildman–Crippen LogP) is 1.40. The van der Waals surface area contributed by atoms with E-state index in [0.29, 0.717) is 5.69 Å². The highest BCUT2D eigenvalue weighted by Crippen LogP contribution is 2.19. The van der Waals surface area contributed by atoms with Gasteiger partial charge in [0.25, 0.3) is 0 Å². The summed E-state index contributed by atoms with van der Waals surface area (Å²) in [5.74, 6) is -1.28. The zero-order valence-electron chi connectivity index (χ0n) is 11.5. The van der Waals surface area contributed by atoms with Crippen molar-refractivity contribution in [1.82, 2.24) is 4.90 Å². The first kappa shape index (κ1) is 15.8. The van der Waals surface area contributed by atoms with E-state index in [2.05, 4.69) is 5.32 Å². The van der Waals surface area contributed by atoms with Crippen LogP contribution in [0.5, 0.6) is 0 Å². The van der Waals surface area contributed by atoms with E-state index in [4.69, 9.17) is 22.4 Å². The van der Waals surface area contributed by atoms with Gasteiger partial charge in [-0.1, -0.05) is 11.6 Å². The van der Waals surface area contributed by atoms with Gasteiger partial charge in [0.1, 0.15) is 0 Å². The third-order valence-electron chi connectivity index (χ3n) is 3.43. The van der Waals surface area contributed by atoms with E-state index in [0.717, 1.165) is 25.9 Å². The summed E-state index contributed by atoms with van der Waals surface area (Å²) in [5.41, 5.74) is 6.25. The largest absolute Gasteiger partial charge is 0.478 e. The van der Waals surface area contributed by atoms with E-state index in [1.54, 1.807) is 0 Å². The average Bonchev–Trinajstić information content (AvgIpc) is 2.40. The molecule has 114 valence electrons. The Hall–Kier alpha value is -1.63. The first-order chi connectivity index (χ1) is 9.94. The Morgan fingerprint density at radius 1 is 1.33 bits per heavy atom. The molecule has 1 saturated heterocycles. The Morgan fingerprint density at radius 2 is 2.00 bits per heavy atom. The van der Waals surface area contributed by atoms with Gasteiger partial charge in [0, 0.05) is 29.8 Å². The number of anilines is 1. The summed E-state index contributed by atoms with van der Waals surface area (Å²) in [7, 11) is 0. The van der Waals surface area contributed by atoms with Crippen molar-refractivity contribution < 1.29 is 14.7 Å². The number of carbonyl (C=O) groups excluding carboxylic acids is 1. The maximum atomic E-state index is 12.0. The molecule has 1 aromatic carbocycles. The Kier molecular flexibility index (Phi) is 5.17. The normalized spacial score (nSPS) is 16.7. The second kappa shape index (κ2) is 6.89. The number of likely N-dealkylation sites (tertiary alicyclic amines) is 1. The smallest absolute Gasteiger partial charge is 0.335 e. The summed E-state index contributed by atoms with van der Waals surface area (Å²) < 4.78 is 0. The summed E-state index contributed by atoms with van der Waals surface area (Å²) >= 11 is 5.85. The summed E-state index contributed by atoms with van der Waals surface area (Å²) in [6, 6.07) is 4.47. The van der Waals surface area contributed by atoms with Gasteiger partial charge in [-0.25, -0.2) is 4.79 Å². The molecule has 4 N–H and O–H groups in total. The van der Waals surface area contributed by atoms with E-state index in [9.17, 15) is 9.59 Å². The van der Waals surface area contributed by atoms with Crippen molar-refractivity contribution in [3.8, 4) is 0 Å². The number of carboxylic acids is 1. The van der Waals surface area contributed by atoms with Gasteiger partial charge in [0.05, 0.1) is 12.1 Å². The van der Waals surface area contributed by atoms with E-state index < -0.39 is 5.97 Å². The molecule has 0 aromatic heterocycles. The number of nitrogens with two attached hydrogens (primary N) is 1. The summed E-state index contributed by atoms with van der Waals surface area (Å²) in [4.78, 5) is 25.0. The quantitative estimate of drug-likeness (QED) is 0.781. The van der Waals surface area contributed by atoms with Gasteiger partial charge in [-0.3, -0.25) is 9.69 Å². The number of amides is 1. The van der Waals surface area contributed by atoms with Gasteiger partial charge in [-0.05, 0) is 31.0 Å². The topological polar surface area (TPSA) is 95.7 Å². The van der Waals surface area contributed by atoms with Crippen LogP contribution in [-0.4, -0.2) is 47.6 Å². The molecule has 2 rings (SSSR count). The van der Waals surface area contributed by atoms with Gasteiger partial charge in [-0.15, -0.1) is 0 Å². The number of aromatic carboxylic acids is 1. The number of carboxylic acid groups (broad SMARTS) is 1. The lowest BCUT2D eigenvalue weighted by atomic mass is 10.1. The van der Waals surface area contributed by atoms with Crippen molar-refractivity contribution in [2.24, 2.45) is 5.73 Å². The van der Waals surface area contributed by atoms with Crippen LogP contribution in [0.2, 0.25) is 5.02 Å². The van der Waals surface area contributed by atoms with Crippen molar-refractivity contribution in [2.45, 2.75) is 18.9 Å². The zero-order valence-corrected chi connectivity index (χ0v) is 12.3. The Morgan fingerprint density at radius 3 is 2.62 bits per heavy atom. The predicted molar refractivity (Wildman–Crippen MR) is 80.7 cm³/mol. The van der Waals surface area contributed by atoms with Gasteiger partial charge in [0.15, 0.2) is 0 Å². The third kappa shape index (κ3) is 4.70. The highest BCUT2D eigenvalue weighted by atomic mass is 35.5. The molecule has 0 aliphatic carbocycles. The molecule has 6 nitrogen and oxygen atoms in total. The van der Waals surface area contributed by atoms with Crippen molar-refractivity contribution >= 4 is 29.2 Å². The molecule has 7 heteroatoms. The van der Waals surface area contributed by atoms with Crippen LogP contribution < -0.4 is 11.1 Å². The van der Waals surface area contributed by atoms with Crippen LogP contribution in [0.3, 0.4) is 0 Å². The monoisotopic (exact) mass is 311 g/mol. The molecule has 0 spiro atoms. The summed E-state index contributed by atoms with van der Waals surface area (Å²) in [6.45, 7) is 1.86. The number of nitrogens with zero attached hydrogens (tertiary/aromatic N) is 1. The van der Waals surface area contributed by atoms with Gasteiger partial charge in [0.2, 0.25) is 5.91 Å². The van der Waals surface area contributed by atoms with Crippen LogP contribution in [0.4, 0.5) is 5.69 Å². The Balaban J connectivity index is 1.95. The number of hydrogen-bond donors (Lipinski definition) is 3. The second-order valence-corrected chi connectivity index (χ2v) is 5.63. The molecule has 1 heterocycles. The third-order valence-corrected chi connectivity index (χ3v) is 3.65. The lowest BCUT2D eigenvalue weighted by Crippen LogP contribution is -2.43. The van der Waals surface area contributed by atoms with E-state index >= 15 is 0 Å². The Bertz CT molecular complexity index is 542. The molecule has 1 aromatic rings. The highest BCUT2D eigenvalue weighted by Gasteiger charge is 2.18. The zero-order chi connectivity index (χ0) is 15.4. The number of piperidine rings is 1. The van der Waals surface area contributed by atoms with Crippen LogP contribution >= 0.6 is 11.6 Å². The number of benzene rings is 1. The van der Waals surface area contributed by atoms with Crippen LogP contribution in [-0.2, 0) is 4.79 Å². The summed E-state index contributed by atoms with van der Waals surface area (Å²) in [5, 5.41) is 11.9. The number of hydrogen-bond acceptors (Lipinski definition) is 4. The average molecular weight is 312 g/mol. The van der Waals surface area contributed by atoms with Crippen LogP contribution in [0.25, 0.3) is 0 Å². The minimum Gasteiger partial charge on any atom is -0.478 e. The SMILES string of the molecule is NC1CCN(CC(=O)Nc2cc(Cl)cc(C(=O)O)c2)CC1. The fourth-order valence-corrected chi connectivity index (χ4v) is 2.54. The molecule has 21 heavy (non-hydrogen) atoms. The minimum absolute atomic E-state index is 0.0433. The van der Waals surface area contributed by atoms with Gasteiger partial charge < -0.3 is 16.2 Å². The molecule has 1 aliphatic rings. The van der Waals surface area contributed by atoms with Crippen molar-refractivity contribution in [3.05, 3.63) is 28.8 Å². The lowest BCUT2D eigenvalue weighted by Gasteiger charge is -2.29. The van der Waals surface area contributed by atoms with Crippen molar-refractivity contribution in [3.63, 3.8) is 0 Å². The standard InChI is InChI=1S/C14H18ClN3O3/c15-10-5-9(14(20)21)6-12(7-10)17-13(19)8-18-3-1-11(16)2-4-18/h5-7,11H,1-4,8,16H2,(H,17,19)(H,20,21). The van der Waals surface area contributed by atoms with Crippen LogP contribution in [0, 0.1) is 0 Å². The van der Waals surface area contributed by atoms with E-state index in [1.165, 1.54) is 18.2 Å². The van der Waals surface area contributed by atoms with Crippen LogP contribution in [0.15, 0.2) is 18.2 Å². The molecule has 0 bridgehead atoms. The van der Waals surface area contributed by atoms with E-state index in [1.807, 2.05) is 4.90 Å². The Labute approximate surface area is 127 Å². The maximum absolute atomic E-state index is 12.0. The minimum atomic E-state index is -1.09. The summed E-state index contributed by atoms with van der Waals surface area (Å²) in [6.07, 6.45) is 1.77. The molecule has 0 atom stereocenters. The molecular formula is C14H18ClN3O3.